The Morgan fingerprint density at radius 3 is 2.62 bits per heavy atom. The molecule has 3 heterocycles. The maximum atomic E-state index is 4.63. The Morgan fingerprint density at radius 2 is 1.79 bits per heavy atom. The van der Waals surface area contributed by atoms with Gasteiger partial charge in [-0.25, -0.2) is 9.97 Å². The number of hydrogen-bond acceptors (Lipinski definition) is 3. The lowest BCUT2D eigenvalue weighted by Crippen LogP contribution is -1.95. The molecule has 24 heavy (non-hydrogen) atoms. The molecule has 0 aliphatic carbocycles. The Morgan fingerprint density at radius 1 is 0.958 bits per heavy atom. The van der Waals surface area contributed by atoms with Gasteiger partial charge >= 0.3 is 0 Å². The number of imidazole rings is 1. The van der Waals surface area contributed by atoms with Crippen LogP contribution < -0.4 is 5.32 Å². The van der Waals surface area contributed by atoms with E-state index < -0.39 is 0 Å². The lowest BCUT2D eigenvalue weighted by Gasteiger charge is -2.08. The summed E-state index contributed by atoms with van der Waals surface area (Å²) in [4.78, 5) is 9.07. The molecule has 0 saturated heterocycles. The summed E-state index contributed by atoms with van der Waals surface area (Å²) in [6, 6.07) is 18.4. The summed E-state index contributed by atoms with van der Waals surface area (Å²) in [5, 5.41) is 3.36. The highest BCUT2D eigenvalue weighted by molar-refractivity contribution is 5.70. The zero-order valence-corrected chi connectivity index (χ0v) is 13.7. The largest absolute Gasteiger partial charge is 0.340 e. The van der Waals surface area contributed by atoms with Crippen LogP contribution >= 0.6 is 0 Å². The van der Waals surface area contributed by atoms with Gasteiger partial charge in [0.25, 0.3) is 0 Å². The lowest BCUT2D eigenvalue weighted by atomic mass is 10.1. The van der Waals surface area contributed by atoms with Crippen LogP contribution in [0, 0.1) is 13.8 Å². The second-order valence-electron chi connectivity index (χ2n) is 5.90. The van der Waals surface area contributed by atoms with Crippen LogP contribution in [0.4, 0.5) is 11.5 Å². The van der Waals surface area contributed by atoms with Crippen LogP contribution in [0.5, 0.6) is 0 Å². The van der Waals surface area contributed by atoms with Gasteiger partial charge in [0.2, 0.25) is 0 Å². The summed E-state index contributed by atoms with van der Waals surface area (Å²) in [5.41, 5.74) is 6.42. The Balaban J connectivity index is 1.74. The summed E-state index contributed by atoms with van der Waals surface area (Å²) in [6.07, 6.45) is 3.87. The van der Waals surface area contributed by atoms with Crippen molar-refractivity contribution in [1.29, 1.82) is 0 Å². The Labute approximate surface area is 140 Å². The van der Waals surface area contributed by atoms with E-state index >= 15 is 0 Å². The zero-order valence-electron chi connectivity index (χ0n) is 13.7. The maximum Gasteiger partial charge on any atom is 0.137 e. The number of aromatic nitrogens is 3. The number of aryl methyl sites for hydroxylation is 2. The molecule has 0 bridgehead atoms. The Kier molecular flexibility index (Phi) is 3.50. The van der Waals surface area contributed by atoms with Gasteiger partial charge in [-0.05, 0) is 50.2 Å². The van der Waals surface area contributed by atoms with Crippen LogP contribution in [0.1, 0.15) is 11.3 Å². The summed E-state index contributed by atoms with van der Waals surface area (Å²) >= 11 is 0. The van der Waals surface area contributed by atoms with Crippen molar-refractivity contribution >= 4 is 17.2 Å². The molecule has 0 amide bonds. The quantitative estimate of drug-likeness (QED) is 0.593. The highest BCUT2D eigenvalue weighted by Crippen LogP contribution is 2.27. The van der Waals surface area contributed by atoms with E-state index in [0.29, 0.717) is 0 Å². The van der Waals surface area contributed by atoms with Crippen LogP contribution in [0.25, 0.3) is 16.9 Å². The molecule has 1 aromatic carbocycles. The summed E-state index contributed by atoms with van der Waals surface area (Å²) in [7, 11) is 0. The van der Waals surface area contributed by atoms with E-state index in [0.717, 1.165) is 34.1 Å². The van der Waals surface area contributed by atoms with Crippen molar-refractivity contribution in [3.05, 3.63) is 78.2 Å². The van der Waals surface area contributed by atoms with Crippen LogP contribution in [0.2, 0.25) is 0 Å². The number of benzene rings is 1. The van der Waals surface area contributed by atoms with Crippen LogP contribution in [-0.4, -0.2) is 14.4 Å². The van der Waals surface area contributed by atoms with Gasteiger partial charge in [0.1, 0.15) is 11.5 Å². The molecule has 0 aliphatic rings. The van der Waals surface area contributed by atoms with Crippen molar-refractivity contribution in [2.45, 2.75) is 13.8 Å². The molecule has 0 atom stereocenters. The normalized spacial score (nSPS) is 10.9. The van der Waals surface area contributed by atoms with Gasteiger partial charge in [0.05, 0.1) is 11.4 Å². The minimum Gasteiger partial charge on any atom is -0.340 e. The van der Waals surface area contributed by atoms with E-state index in [2.05, 4.69) is 56.9 Å². The van der Waals surface area contributed by atoms with Crippen LogP contribution in [-0.2, 0) is 0 Å². The molecule has 0 spiro atoms. The lowest BCUT2D eigenvalue weighted by molar-refractivity contribution is 1.18. The SMILES string of the molecule is Cc1ccc(Nc2cc(-c3c(C)nc4ccccn34)ccn2)cc1. The Hall–Kier alpha value is -3.14. The predicted octanol–water partition coefficient (Wildman–Crippen LogP) is 4.76. The zero-order chi connectivity index (χ0) is 16.5. The van der Waals surface area contributed by atoms with Gasteiger partial charge in [-0.2, -0.15) is 0 Å². The van der Waals surface area contributed by atoms with E-state index in [-0.39, 0.29) is 0 Å². The van der Waals surface area contributed by atoms with Crippen molar-refractivity contribution in [3.8, 4) is 11.3 Å². The number of hydrogen-bond donors (Lipinski definition) is 1. The van der Waals surface area contributed by atoms with Crippen molar-refractivity contribution in [1.82, 2.24) is 14.4 Å². The first-order valence-electron chi connectivity index (χ1n) is 7.94. The molecule has 0 saturated carbocycles. The number of nitrogens with one attached hydrogen (secondary N) is 1. The minimum atomic E-state index is 0.821. The fourth-order valence-corrected chi connectivity index (χ4v) is 2.89. The fourth-order valence-electron chi connectivity index (χ4n) is 2.89. The van der Waals surface area contributed by atoms with Gasteiger partial charge < -0.3 is 5.32 Å². The highest BCUT2D eigenvalue weighted by Gasteiger charge is 2.11. The number of fused-ring (bicyclic) bond motifs is 1. The monoisotopic (exact) mass is 314 g/mol. The number of pyridine rings is 2. The smallest absolute Gasteiger partial charge is 0.137 e. The third kappa shape index (κ3) is 2.63. The molecule has 4 aromatic rings. The van der Waals surface area contributed by atoms with E-state index in [1.807, 2.05) is 43.6 Å². The van der Waals surface area contributed by atoms with Gasteiger partial charge in [-0.3, -0.25) is 4.40 Å². The molecular formula is C20H18N4. The van der Waals surface area contributed by atoms with Gasteiger partial charge in [-0.1, -0.05) is 23.8 Å². The van der Waals surface area contributed by atoms with Crippen molar-refractivity contribution in [3.63, 3.8) is 0 Å². The van der Waals surface area contributed by atoms with Crippen molar-refractivity contribution in [2.24, 2.45) is 0 Å². The van der Waals surface area contributed by atoms with Crippen molar-refractivity contribution < 1.29 is 0 Å². The molecule has 3 aromatic heterocycles. The van der Waals surface area contributed by atoms with Gasteiger partial charge in [0, 0.05) is 23.6 Å². The fraction of sp³-hybridized carbons (Fsp3) is 0.100. The third-order valence-electron chi connectivity index (χ3n) is 4.06. The van der Waals surface area contributed by atoms with E-state index in [9.17, 15) is 0 Å². The summed E-state index contributed by atoms with van der Waals surface area (Å²) in [6.45, 7) is 4.12. The highest BCUT2D eigenvalue weighted by atomic mass is 15.0. The first kappa shape index (κ1) is 14.5. The number of anilines is 2. The predicted molar refractivity (Wildman–Crippen MR) is 97.6 cm³/mol. The second kappa shape index (κ2) is 5.81. The molecule has 4 nitrogen and oxygen atoms in total. The molecule has 4 heteroatoms. The molecule has 0 unspecified atom stereocenters. The van der Waals surface area contributed by atoms with Gasteiger partial charge in [0.15, 0.2) is 0 Å². The second-order valence-corrected chi connectivity index (χ2v) is 5.90. The molecule has 0 radical (unpaired) electrons. The van der Waals surface area contributed by atoms with Gasteiger partial charge in [-0.15, -0.1) is 0 Å². The molecule has 118 valence electrons. The Bertz CT molecular complexity index is 1000. The summed E-state index contributed by atoms with van der Waals surface area (Å²) in [5.74, 6) is 0.821. The topological polar surface area (TPSA) is 42.2 Å². The van der Waals surface area contributed by atoms with E-state index in [1.54, 1.807) is 0 Å². The average Bonchev–Trinajstić information content (AvgIpc) is 2.93. The number of rotatable bonds is 3. The first-order valence-corrected chi connectivity index (χ1v) is 7.94. The molecule has 4 rings (SSSR count). The van der Waals surface area contributed by atoms with Crippen molar-refractivity contribution in [2.75, 3.05) is 5.32 Å². The van der Waals surface area contributed by atoms with Crippen LogP contribution in [0.3, 0.4) is 0 Å². The minimum absolute atomic E-state index is 0.821. The standard InChI is InChI=1S/C20H18N4/c1-14-6-8-17(9-7-14)23-18-13-16(10-11-21-18)20-15(2)22-19-5-3-4-12-24(19)20/h3-13H,1-2H3,(H,21,23). The average molecular weight is 314 g/mol. The third-order valence-corrected chi connectivity index (χ3v) is 4.06. The molecule has 1 N–H and O–H groups in total. The molecule has 0 aliphatic heterocycles. The molecule has 0 fully saturated rings. The van der Waals surface area contributed by atoms with E-state index in [4.69, 9.17) is 0 Å². The number of nitrogens with zero attached hydrogens (tertiary/aromatic N) is 3. The molecular weight excluding hydrogens is 296 g/mol. The van der Waals surface area contributed by atoms with Crippen LogP contribution in [0.15, 0.2) is 67.0 Å². The summed E-state index contributed by atoms with van der Waals surface area (Å²) < 4.78 is 2.11. The van der Waals surface area contributed by atoms with E-state index in [1.165, 1.54) is 5.56 Å². The maximum absolute atomic E-state index is 4.63. The first-order chi connectivity index (χ1) is 11.7.